The SMILES string of the molecule is CCCC(CO)(CO)Cc1c(Cl)c(C)nn1CC. The third-order valence-corrected chi connectivity index (χ3v) is 3.94. The summed E-state index contributed by atoms with van der Waals surface area (Å²) in [6, 6.07) is 0. The zero-order valence-electron chi connectivity index (χ0n) is 11.4. The molecule has 0 spiro atoms. The van der Waals surface area contributed by atoms with Crippen molar-refractivity contribution in [2.45, 2.75) is 46.6 Å². The van der Waals surface area contributed by atoms with E-state index in [4.69, 9.17) is 11.6 Å². The van der Waals surface area contributed by atoms with Crippen LogP contribution in [-0.2, 0) is 13.0 Å². The molecule has 0 radical (unpaired) electrons. The lowest BCUT2D eigenvalue weighted by molar-refractivity contribution is 0.0450. The van der Waals surface area contributed by atoms with Crippen molar-refractivity contribution in [2.75, 3.05) is 13.2 Å². The van der Waals surface area contributed by atoms with Crippen LogP contribution in [0, 0.1) is 12.3 Å². The Morgan fingerprint density at radius 2 is 1.89 bits per heavy atom. The molecular weight excluding hydrogens is 252 g/mol. The minimum Gasteiger partial charge on any atom is -0.396 e. The second kappa shape index (κ2) is 6.55. The molecule has 1 aromatic rings. The summed E-state index contributed by atoms with van der Waals surface area (Å²) in [6.07, 6.45) is 2.24. The van der Waals surface area contributed by atoms with E-state index >= 15 is 0 Å². The second-order valence-corrected chi connectivity index (χ2v) is 5.28. The Bertz CT molecular complexity index is 387. The molecule has 0 atom stereocenters. The summed E-state index contributed by atoms with van der Waals surface area (Å²) in [7, 11) is 0. The molecule has 1 heterocycles. The van der Waals surface area contributed by atoms with E-state index in [1.54, 1.807) is 0 Å². The van der Waals surface area contributed by atoms with Gasteiger partial charge in [-0.05, 0) is 20.3 Å². The summed E-state index contributed by atoms with van der Waals surface area (Å²) >= 11 is 6.27. The zero-order valence-corrected chi connectivity index (χ0v) is 12.2. The van der Waals surface area contributed by atoms with Gasteiger partial charge in [0, 0.05) is 18.4 Å². The minimum absolute atomic E-state index is 0.0401. The summed E-state index contributed by atoms with van der Waals surface area (Å²) in [5.41, 5.74) is 1.21. The van der Waals surface area contributed by atoms with Crippen LogP contribution in [-0.4, -0.2) is 33.2 Å². The highest BCUT2D eigenvalue weighted by molar-refractivity contribution is 6.31. The number of halogens is 1. The van der Waals surface area contributed by atoms with E-state index in [-0.39, 0.29) is 13.2 Å². The van der Waals surface area contributed by atoms with Gasteiger partial charge in [-0.2, -0.15) is 5.10 Å². The summed E-state index contributed by atoms with van der Waals surface area (Å²) in [5, 5.41) is 24.2. The van der Waals surface area contributed by atoms with Crippen LogP contribution in [0.5, 0.6) is 0 Å². The Morgan fingerprint density at radius 3 is 2.33 bits per heavy atom. The molecule has 4 nitrogen and oxygen atoms in total. The average Bonchev–Trinajstić information content (AvgIpc) is 2.65. The highest BCUT2D eigenvalue weighted by Gasteiger charge is 2.31. The predicted octanol–water partition coefficient (Wildman–Crippen LogP) is 2.18. The second-order valence-electron chi connectivity index (χ2n) is 4.90. The fourth-order valence-corrected chi connectivity index (χ4v) is 2.53. The molecule has 0 aliphatic rings. The number of hydrogen-bond acceptors (Lipinski definition) is 3. The van der Waals surface area contributed by atoms with E-state index in [0.717, 1.165) is 30.8 Å². The van der Waals surface area contributed by atoms with E-state index in [0.29, 0.717) is 11.4 Å². The smallest absolute Gasteiger partial charge is 0.0847 e. The lowest BCUT2D eigenvalue weighted by atomic mass is 9.80. The van der Waals surface area contributed by atoms with Crippen molar-refractivity contribution in [3.8, 4) is 0 Å². The Labute approximate surface area is 114 Å². The monoisotopic (exact) mass is 274 g/mol. The van der Waals surface area contributed by atoms with Gasteiger partial charge in [0.1, 0.15) is 0 Å². The maximum atomic E-state index is 9.60. The molecule has 1 rings (SSSR count). The van der Waals surface area contributed by atoms with Crippen LogP contribution >= 0.6 is 11.6 Å². The normalized spacial score (nSPS) is 12.1. The van der Waals surface area contributed by atoms with E-state index < -0.39 is 5.41 Å². The van der Waals surface area contributed by atoms with Gasteiger partial charge in [-0.15, -0.1) is 0 Å². The first-order valence-corrected chi connectivity index (χ1v) is 6.84. The van der Waals surface area contributed by atoms with Crippen LogP contribution < -0.4 is 0 Å². The lowest BCUT2D eigenvalue weighted by Crippen LogP contribution is -2.33. The van der Waals surface area contributed by atoms with Crippen LogP contribution in [0.25, 0.3) is 0 Å². The molecule has 0 aliphatic heterocycles. The third-order valence-electron chi connectivity index (χ3n) is 3.45. The average molecular weight is 275 g/mol. The molecule has 0 bridgehead atoms. The highest BCUT2D eigenvalue weighted by Crippen LogP contribution is 2.32. The van der Waals surface area contributed by atoms with Gasteiger partial charge in [0.2, 0.25) is 0 Å². The van der Waals surface area contributed by atoms with E-state index in [2.05, 4.69) is 5.10 Å². The van der Waals surface area contributed by atoms with Gasteiger partial charge < -0.3 is 10.2 Å². The van der Waals surface area contributed by atoms with Gasteiger partial charge in [0.15, 0.2) is 0 Å². The van der Waals surface area contributed by atoms with Gasteiger partial charge in [0.05, 0.1) is 29.6 Å². The molecule has 0 fully saturated rings. The molecule has 0 aliphatic carbocycles. The number of nitrogens with zero attached hydrogens (tertiary/aromatic N) is 2. The molecule has 0 saturated heterocycles. The van der Waals surface area contributed by atoms with Crippen LogP contribution in [0.15, 0.2) is 0 Å². The number of aromatic nitrogens is 2. The van der Waals surface area contributed by atoms with Gasteiger partial charge in [-0.3, -0.25) is 4.68 Å². The first-order valence-electron chi connectivity index (χ1n) is 6.47. The Morgan fingerprint density at radius 1 is 1.28 bits per heavy atom. The molecule has 0 saturated carbocycles. The van der Waals surface area contributed by atoms with Crippen molar-refractivity contribution >= 4 is 11.6 Å². The van der Waals surface area contributed by atoms with Crippen LogP contribution in [0.2, 0.25) is 5.02 Å². The highest BCUT2D eigenvalue weighted by atomic mass is 35.5. The van der Waals surface area contributed by atoms with Gasteiger partial charge >= 0.3 is 0 Å². The van der Waals surface area contributed by atoms with E-state index in [9.17, 15) is 10.2 Å². The molecule has 0 unspecified atom stereocenters. The maximum Gasteiger partial charge on any atom is 0.0847 e. The zero-order chi connectivity index (χ0) is 13.8. The summed E-state index contributed by atoms with van der Waals surface area (Å²) in [5.74, 6) is 0. The summed E-state index contributed by atoms with van der Waals surface area (Å²) in [6.45, 7) is 6.58. The number of aliphatic hydroxyl groups is 2. The molecule has 104 valence electrons. The topological polar surface area (TPSA) is 58.3 Å². The quantitative estimate of drug-likeness (QED) is 0.801. The van der Waals surface area contributed by atoms with Crippen molar-refractivity contribution in [3.05, 3.63) is 16.4 Å². The van der Waals surface area contributed by atoms with Crippen LogP contribution in [0.3, 0.4) is 0 Å². The molecule has 1 aromatic heterocycles. The number of hydrogen-bond donors (Lipinski definition) is 2. The Balaban J connectivity index is 3.07. The largest absolute Gasteiger partial charge is 0.396 e. The van der Waals surface area contributed by atoms with Crippen molar-refractivity contribution in [3.63, 3.8) is 0 Å². The number of aryl methyl sites for hydroxylation is 2. The van der Waals surface area contributed by atoms with Gasteiger partial charge in [-0.25, -0.2) is 0 Å². The van der Waals surface area contributed by atoms with Gasteiger partial charge in [-0.1, -0.05) is 24.9 Å². The fraction of sp³-hybridized carbons (Fsp3) is 0.769. The van der Waals surface area contributed by atoms with E-state index in [1.807, 2.05) is 25.5 Å². The third kappa shape index (κ3) is 3.05. The standard InChI is InChI=1S/C13H23ClN2O2/c1-4-6-13(8-17,9-18)7-11-12(14)10(3)15-16(11)5-2/h17-18H,4-9H2,1-3H3. The molecular formula is C13H23ClN2O2. The van der Waals surface area contributed by atoms with Crippen molar-refractivity contribution in [2.24, 2.45) is 5.41 Å². The first-order chi connectivity index (χ1) is 8.53. The van der Waals surface area contributed by atoms with Crippen molar-refractivity contribution in [1.82, 2.24) is 9.78 Å². The summed E-state index contributed by atoms with van der Waals surface area (Å²) in [4.78, 5) is 0. The predicted molar refractivity (Wildman–Crippen MR) is 72.9 cm³/mol. The molecule has 18 heavy (non-hydrogen) atoms. The number of rotatable bonds is 7. The molecule has 5 heteroatoms. The number of aliphatic hydroxyl groups excluding tert-OH is 2. The molecule has 0 aromatic carbocycles. The van der Waals surface area contributed by atoms with Crippen LogP contribution in [0.4, 0.5) is 0 Å². The minimum atomic E-state index is -0.502. The lowest BCUT2D eigenvalue weighted by Gasteiger charge is -2.29. The Hall–Kier alpha value is -0.580. The van der Waals surface area contributed by atoms with Crippen molar-refractivity contribution < 1.29 is 10.2 Å². The first kappa shape index (κ1) is 15.5. The molecule has 0 amide bonds. The Kier molecular flexibility index (Phi) is 5.63. The van der Waals surface area contributed by atoms with Crippen molar-refractivity contribution in [1.29, 1.82) is 0 Å². The van der Waals surface area contributed by atoms with Crippen LogP contribution in [0.1, 0.15) is 38.1 Å². The summed E-state index contributed by atoms with van der Waals surface area (Å²) < 4.78 is 1.85. The van der Waals surface area contributed by atoms with Gasteiger partial charge in [0.25, 0.3) is 0 Å². The maximum absolute atomic E-state index is 9.60. The fourth-order valence-electron chi connectivity index (χ4n) is 2.33. The molecule has 2 N–H and O–H groups in total. The van der Waals surface area contributed by atoms with E-state index in [1.165, 1.54) is 0 Å².